The molecule has 1 N–H and O–H groups in total. The van der Waals surface area contributed by atoms with Crippen molar-refractivity contribution in [3.05, 3.63) is 23.0 Å². The number of Topliss-reactive ketones (excluding diaryl/α,β-unsaturated/α-hetero) is 1. The average molecular weight is 346 g/mol. The van der Waals surface area contributed by atoms with E-state index < -0.39 is 29.9 Å². The molecule has 0 spiro atoms. The molecule has 0 aliphatic carbocycles. The Morgan fingerprint density at radius 1 is 1.38 bits per heavy atom. The quantitative estimate of drug-likeness (QED) is 0.502. The van der Waals surface area contributed by atoms with E-state index in [1.165, 1.54) is 10.6 Å². The van der Waals surface area contributed by atoms with Crippen LogP contribution in [0.3, 0.4) is 0 Å². The molecule has 2 rings (SSSR count). The third-order valence-corrected chi connectivity index (χ3v) is 3.78. The number of ether oxygens (including phenoxy) is 1. The number of carbonyl (C=O) groups excluding carboxylic acids is 3. The summed E-state index contributed by atoms with van der Waals surface area (Å²) in [5.74, 6) is -3.08. The molecular weight excluding hydrogens is 329 g/mol. The monoisotopic (exact) mass is 346 g/mol. The van der Waals surface area contributed by atoms with Crippen molar-refractivity contribution in [3.8, 4) is 0 Å². The van der Waals surface area contributed by atoms with Gasteiger partial charge < -0.3 is 14.6 Å². The van der Waals surface area contributed by atoms with E-state index in [9.17, 15) is 27.6 Å². The minimum absolute atomic E-state index is 0.0996. The summed E-state index contributed by atoms with van der Waals surface area (Å²) >= 11 is 0. The molecule has 0 saturated heterocycles. The summed E-state index contributed by atoms with van der Waals surface area (Å²) in [6.45, 7) is 2.94. The molecule has 2 heterocycles. The molecule has 1 aliphatic heterocycles. The smallest absolute Gasteiger partial charge is 0.408 e. The van der Waals surface area contributed by atoms with Gasteiger partial charge in [-0.15, -0.1) is 0 Å². The zero-order valence-electron chi connectivity index (χ0n) is 13.2. The molecule has 1 aliphatic rings. The number of ketones is 1. The van der Waals surface area contributed by atoms with E-state index in [-0.39, 0.29) is 17.9 Å². The number of carbonyl (C=O) groups is 3. The van der Waals surface area contributed by atoms with Crippen molar-refractivity contribution >= 4 is 17.7 Å². The minimum atomic E-state index is -4.65. The van der Waals surface area contributed by atoms with Crippen LogP contribution in [0.15, 0.2) is 6.07 Å². The highest BCUT2D eigenvalue weighted by Gasteiger charge is 2.39. The molecule has 0 bridgehead atoms. The largest absolute Gasteiger partial charge is 0.462 e. The predicted molar refractivity (Wildman–Crippen MR) is 76.7 cm³/mol. The molecule has 9 heteroatoms. The summed E-state index contributed by atoms with van der Waals surface area (Å²) in [5, 5.41) is 1.63. The number of fused-ring (bicyclic) bond motifs is 1. The van der Waals surface area contributed by atoms with E-state index in [1.807, 2.05) is 0 Å². The highest BCUT2D eigenvalue weighted by atomic mass is 19.4. The third kappa shape index (κ3) is 3.44. The molecule has 0 radical (unpaired) electrons. The van der Waals surface area contributed by atoms with Crippen LogP contribution in [0.25, 0.3) is 0 Å². The van der Waals surface area contributed by atoms with Crippen molar-refractivity contribution in [2.24, 2.45) is 0 Å². The maximum Gasteiger partial charge on any atom is 0.408 e. The summed E-state index contributed by atoms with van der Waals surface area (Å²) in [7, 11) is 0. The van der Waals surface area contributed by atoms with E-state index >= 15 is 0 Å². The molecular formula is C15H17F3N2O4. The SMILES string of the molecule is CCOC(=O)c1cc(C(=O)C(=O)NC(C)C(F)(F)F)n2c1CCC2. The number of nitrogens with zero attached hydrogens (tertiary/aromatic N) is 1. The van der Waals surface area contributed by atoms with Gasteiger partial charge >= 0.3 is 12.1 Å². The maximum atomic E-state index is 12.5. The minimum Gasteiger partial charge on any atom is -0.462 e. The first-order valence-corrected chi connectivity index (χ1v) is 7.48. The predicted octanol–water partition coefficient (Wildman–Crippen LogP) is 1.86. The van der Waals surface area contributed by atoms with Crippen LogP contribution in [0.2, 0.25) is 0 Å². The van der Waals surface area contributed by atoms with Crippen LogP contribution in [0.5, 0.6) is 0 Å². The standard InChI is InChI=1S/C15H17F3N2O4/c1-3-24-14(23)9-7-11(20-6-4-5-10(9)20)12(21)13(22)19-8(2)15(16,17)18/h7-8H,3-6H2,1-2H3,(H,19,22). The van der Waals surface area contributed by atoms with Crippen LogP contribution in [0.1, 0.15) is 46.8 Å². The number of nitrogens with one attached hydrogen (secondary N) is 1. The fraction of sp³-hybridized carbons (Fsp3) is 0.533. The van der Waals surface area contributed by atoms with E-state index in [2.05, 4.69) is 0 Å². The van der Waals surface area contributed by atoms with Gasteiger partial charge in [0, 0.05) is 12.2 Å². The highest BCUT2D eigenvalue weighted by molar-refractivity contribution is 6.42. The molecule has 1 amide bonds. The topological polar surface area (TPSA) is 77.4 Å². The van der Waals surface area contributed by atoms with E-state index in [0.717, 1.165) is 6.92 Å². The molecule has 24 heavy (non-hydrogen) atoms. The van der Waals surface area contributed by atoms with Crippen molar-refractivity contribution in [1.82, 2.24) is 9.88 Å². The summed E-state index contributed by atoms with van der Waals surface area (Å²) < 4.78 is 43.9. The van der Waals surface area contributed by atoms with E-state index in [0.29, 0.717) is 25.1 Å². The van der Waals surface area contributed by atoms with Crippen LogP contribution in [-0.4, -0.2) is 41.1 Å². The number of amides is 1. The zero-order chi connectivity index (χ0) is 18.1. The molecule has 0 aromatic carbocycles. The summed E-state index contributed by atoms with van der Waals surface area (Å²) in [5.41, 5.74) is 0.639. The summed E-state index contributed by atoms with van der Waals surface area (Å²) in [6, 6.07) is -0.932. The molecule has 1 unspecified atom stereocenters. The number of rotatable bonds is 5. The highest BCUT2D eigenvalue weighted by Crippen LogP contribution is 2.26. The fourth-order valence-electron chi connectivity index (χ4n) is 2.55. The van der Waals surface area contributed by atoms with Crippen LogP contribution >= 0.6 is 0 Å². The van der Waals surface area contributed by atoms with Gasteiger partial charge in [-0.3, -0.25) is 9.59 Å². The lowest BCUT2D eigenvalue weighted by Gasteiger charge is -2.16. The molecule has 6 nitrogen and oxygen atoms in total. The number of hydrogen-bond donors (Lipinski definition) is 1. The average Bonchev–Trinajstić information content (AvgIpc) is 3.07. The lowest BCUT2D eigenvalue weighted by atomic mass is 10.1. The van der Waals surface area contributed by atoms with Crippen molar-refractivity contribution in [3.63, 3.8) is 0 Å². The second-order valence-electron chi connectivity index (χ2n) is 5.43. The van der Waals surface area contributed by atoms with E-state index in [1.54, 1.807) is 12.2 Å². The molecule has 1 atom stereocenters. The number of halogens is 3. The Labute approximate surface area is 136 Å². The molecule has 1 aromatic heterocycles. The first-order chi connectivity index (χ1) is 11.2. The Kier molecular flexibility index (Phi) is 5.00. The van der Waals surface area contributed by atoms with Crippen molar-refractivity contribution in [2.75, 3.05) is 6.61 Å². The number of alkyl halides is 3. The third-order valence-electron chi connectivity index (χ3n) is 3.78. The lowest BCUT2D eigenvalue weighted by Crippen LogP contribution is -2.46. The van der Waals surface area contributed by atoms with Gasteiger partial charge in [-0.25, -0.2) is 4.79 Å². The fourth-order valence-corrected chi connectivity index (χ4v) is 2.55. The van der Waals surface area contributed by atoms with Gasteiger partial charge in [-0.05, 0) is 32.8 Å². The van der Waals surface area contributed by atoms with Gasteiger partial charge in [0.25, 0.3) is 11.7 Å². The van der Waals surface area contributed by atoms with Gasteiger partial charge in [0.05, 0.1) is 17.9 Å². The maximum absolute atomic E-state index is 12.5. The lowest BCUT2D eigenvalue weighted by molar-refractivity contribution is -0.156. The first kappa shape index (κ1) is 18.0. The molecule has 132 valence electrons. The van der Waals surface area contributed by atoms with Crippen molar-refractivity contribution in [2.45, 2.75) is 45.5 Å². The normalized spacial score (nSPS) is 14.9. The number of hydrogen-bond acceptors (Lipinski definition) is 4. The van der Waals surface area contributed by atoms with Gasteiger partial charge in [0.1, 0.15) is 6.04 Å². The molecule has 0 fully saturated rings. The van der Waals surface area contributed by atoms with Gasteiger partial charge in [-0.1, -0.05) is 0 Å². The Balaban J connectivity index is 2.26. The Morgan fingerprint density at radius 3 is 2.62 bits per heavy atom. The van der Waals surface area contributed by atoms with Crippen LogP contribution in [-0.2, 0) is 22.5 Å². The van der Waals surface area contributed by atoms with Crippen LogP contribution in [0, 0.1) is 0 Å². The van der Waals surface area contributed by atoms with Crippen molar-refractivity contribution in [1.29, 1.82) is 0 Å². The Hall–Kier alpha value is -2.32. The second-order valence-corrected chi connectivity index (χ2v) is 5.43. The second kappa shape index (κ2) is 6.66. The Morgan fingerprint density at radius 2 is 2.04 bits per heavy atom. The molecule has 1 aromatic rings. The van der Waals surface area contributed by atoms with Gasteiger partial charge in [0.15, 0.2) is 0 Å². The van der Waals surface area contributed by atoms with Crippen LogP contribution < -0.4 is 5.32 Å². The zero-order valence-corrected chi connectivity index (χ0v) is 13.2. The first-order valence-electron chi connectivity index (χ1n) is 7.48. The van der Waals surface area contributed by atoms with E-state index in [4.69, 9.17) is 4.74 Å². The summed E-state index contributed by atoms with van der Waals surface area (Å²) in [4.78, 5) is 35.9. The van der Waals surface area contributed by atoms with Gasteiger partial charge in [0.2, 0.25) is 0 Å². The summed E-state index contributed by atoms with van der Waals surface area (Å²) in [6.07, 6.45) is -3.45. The van der Waals surface area contributed by atoms with Crippen molar-refractivity contribution < 1.29 is 32.3 Å². The van der Waals surface area contributed by atoms with Gasteiger partial charge in [-0.2, -0.15) is 13.2 Å². The Bertz CT molecular complexity index is 679. The number of aromatic nitrogens is 1. The molecule has 0 saturated carbocycles. The number of esters is 1. The van der Waals surface area contributed by atoms with Crippen LogP contribution in [0.4, 0.5) is 13.2 Å².